The van der Waals surface area contributed by atoms with Crippen LogP contribution in [-0.2, 0) is 11.3 Å². The van der Waals surface area contributed by atoms with Gasteiger partial charge < -0.3 is 10.1 Å². The molecule has 0 spiro atoms. The maximum Gasteiger partial charge on any atom is 0.230 e. The first-order valence-corrected chi connectivity index (χ1v) is 13.0. The Kier molecular flexibility index (Phi) is 8.03. The molecule has 1 amide bonds. The van der Waals surface area contributed by atoms with Crippen LogP contribution in [0.25, 0.3) is 10.7 Å². The highest BCUT2D eigenvalue weighted by molar-refractivity contribution is 7.99. The summed E-state index contributed by atoms with van der Waals surface area (Å²) in [4.78, 5) is 14.0. The van der Waals surface area contributed by atoms with Crippen LogP contribution in [0, 0.1) is 5.92 Å². The SMILES string of the molecule is COc1ccc(C(NC(=O)CSc2nnc(-c3cccs3)n2Cc2ccccc2)C(C)C)cc1. The largest absolute Gasteiger partial charge is 0.497 e. The molecule has 0 fully saturated rings. The summed E-state index contributed by atoms with van der Waals surface area (Å²) in [6.45, 7) is 4.85. The van der Waals surface area contributed by atoms with Crippen LogP contribution >= 0.6 is 23.1 Å². The van der Waals surface area contributed by atoms with Crippen LogP contribution in [0.15, 0.2) is 77.3 Å². The van der Waals surface area contributed by atoms with Gasteiger partial charge in [0.25, 0.3) is 0 Å². The summed E-state index contributed by atoms with van der Waals surface area (Å²) in [5.41, 5.74) is 2.21. The predicted molar refractivity (Wildman–Crippen MR) is 138 cm³/mol. The van der Waals surface area contributed by atoms with Gasteiger partial charge in [0.1, 0.15) is 5.75 Å². The van der Waals surface area contributed by atoms with E-state index in [4.69, 9.17) is 4.74 Å². The molecule has 1 N–H and O–H groups in total. The zero-order valence-corrected chi connectivity index (χ0v) is 21.1. The Bertz CT molecular complexity index is 1190. The Morgan fingerprint density at radius 1 is 1.06 bits per heavy atom. The molecule has 0 aliphatic carbocycles. The van der Waals surface area contributed by atoms with Crippen LogP contribution in [0.4, 0.5) is 0 Å². The molecule has 0 aliphatic rings. The van der Waals surface area contributed by atoms with Gasteiger partial charge in [-0.2, -0.15) is 0 Å². The van der Waals surface area contributed by atoms with E-state index in [-0.39, 0.29) is 23.6 Å². The third-order valence-corrected chi connectivity index (χ3v) is 7.26. The van der Waals surface area contributed by atoms with Crippen molar-refractivity contribution < 1.29 is 9.53 Å². The molecule has 1 unspecified atom stereocenters. The third-order valence-electron chi connectivity index (χ3n) is 5.43. The minimum Gasteiger partial charge on any atom is -0.497 e. The van der Waals surface area contributed by atoms with Gasteiger partial charge in [-0.05, 0) is 40.6 Å². The molecule has 0 aliphatic heterocycles. The van der Waals surface area contributed by atoms with Crippen LogP contribution in [0.1, 0.15) is 31.0 Å². The Morgan fingerprint density at radius 3 is 2.47 bits per heavy atom. The molecule has 0 radical (unpaired) electrons. The Morgan fingerprint density at radius 2 is 1.82 bits per heavy atom. The van der Waals surface area contributed by atoms with Gasteiger partial charge in [0.2, 0.25) is 5.91 Å². The van der Waals surface area contributed by atoms with Crippen molar-refractivity contribution in [3.05, 3.63) is 83.2 Å². The number of rotatable bonds is 10. The van der Waals surface area contributed by atoms with Gasteiger partial charge in [0.15, 0.2) is 11.0 Å². The fourth-order valence-electron chi connectivity index (χ4n) is 3.68. The van der Waals surface area contributed by atoms with E-state index in [1.54, 1.807) is 18.4 Å². The number of hydrogen-bond donors (Lipinski definition) is 1. The number of methoxy groups -OCH3 is 1. The second-order valence-corrected chi connectivity index (χ2v) is 10.1. The lowest BCUT2D eigenvalue weighted by atomic mass is 9.96. The summed E-state index contributed by atoms with van der Waals surface area (Å²) < 4.78 is 7.34. The highest BCUT2D eigenvalue weighted by atomic mass is 32.2. The molecule has 4 aromatic rings. The second-order valence-electron chi connectivity index (χ2n) is 8.21. The maximum atomic E-state index is 12.9. The Labute approximate surface area is 208 Å². The molecule has 176 valence electrons. The zero-order chi connectivity index (χ0) is 23.9. The lowest BCUT2D eigenvalue weighted by Crippen LogP contribution is -2.33. The average molecular weight is 493 g/mol. The number of thiophene rings is 1. The summed E-state index contributed by atoms with van der Waals surface area (Å²) in [7, 11) is 1.65. The molecule has 0 saturated heterocycles. The van der Waals surface area contributed by atoms with Crippen molar-refractivity contribution in [3.8, 4) is 16.5 Å². The summed E-state index contributed by atoms with van der Waals surface area (Å²) >= 11 is 3.04. The van der Waals surface area contributed by atoms with E-state index in [1.807, 2.05) is 60.0 Å². The number of carbonyl (C=O) groups is 1. The van der Waals surface area contributed by atoms with Crippen LogP contribution in [0.3, 0.4) is 0 Å². The van der Waals surface area contributed by atoms with Gasteiger partial charge in [-0.25, -0.2) is 0 Å². The van der Waals surface area contributed by atoms with Crippen molar-refractivity contribution in [2.75, 3.05) is 12.9 Å². The van der Waals surface area contributed by atoms with Crippen LogP contribution in [-0.4, -0.2) is 33.5 Å². The quantitative estimate of drug-likeness (QED) is 0.289. The molecule has 0 bridgehead atoms. The topological polar surface area (TPSA) is 69.0 Å². The van der Waals surface area contributed by atoms with Crippen molar-refractivity contribution in [2.45, 2.75) is 31.6 Å². The molecule has 0 saturated carbocycles. The Hall–Kier alpha value is -3.10. The molecule has 2 heterocycles. The molecule has 4 rings (SSSR count). The van der Waals surface area contributed by atoms with Crippen molar-refractivity contribution in [3.63, 3.8) is 0 Å². The highest BCUT2D eigenvalue weighted by Crippen LogP contribution is 2.29. The Balaban J connectivity index is 1.48. The predicted octanol–water partition coefficient (Wildman–Crippen LogP) is 5.67. The molecule has 2 aromatic heterocycles. The maximum absolute atomic E-state index is 12.9. The summed E-state index contributed by atoms with van der Waals surface area (Å²) in [5.74, 6) is 2.09. The number of amides is 1. The van der Waals surface area contributed by atoms with Crippen LogP contribution < -0.4 is 10.1 Å². The van der Waals surface area contributed by atoms with E-state index in [9.17, 15) is 4.79 Å². The number of ether oxygens (including phenoxy) is 1. The van der Waals surface area contributed by atoms with Crippen molar-refractivity contribution in [1.29, 1.82) is 0 Å². The minimum absolute atomic E-state index is 0.0357. The van der Waals surface area contributed by atoms with E-state index in [0.717, 1.165) is 32.7 Å². The molecular weight excluding hydrogens is 464 g/mol. The smallest absolute Gasteiger partial charge is 0.230 e. The molecular formula is C26H28N4O2S2. The van der Waals surface area contributed by atoms with Crippen LogP contribution in [0.2, 0.25) is 0 Å². The highest BCUT2D eigenvalue weighted by Gasteiger charge is 2.21. The van der Waals surface area contributed by atoms with Gasteiger partial charge in [0.05, 0.1) is 30.3 Å². The number of nitrogens with zero attached hydrogens (tertiary/aromatic N) is 3. The van der Waals surface area contributed by atoms with Gasteiger partial charge in [-0.3, -0.25) is 9.36 Å². The number of hydrogen-bond acceptors (Lipinski definition) is 6. The van der Waals surface area contributed by atoms with Crippen molar-refractivity contribution in [2.24, 2.45) is 5.92 Å². The van der Waals surface area contributed by atoms with Crippen molar-refractivity contribution in [1.82, 2.24) is 20.1 Å². The van der Waals surface area contributed by atoms with Crippen molar-refractivity contribution >= 4 is 29.0 Å². The summed E-state index contributed by atoms with van der Waals surface area (Å²) in [6.07, 6.45) is 0. The number of thioether (sulfide) groups is 1. The van der Waals surface area contributed by atoms with E-state index >= 15 is 0 Å². The molecule has 8 heteroatoms. The van der Waals surface area contributed by atoms with Gasteiger partial charge in [-0.15, -0.1) is 21.5 Å². The lowest BCUT2D eigenvalue weighted by molar-refractivity contribution is -0.119. The molecule has 1 atom stereocenters. The van der Waals surface area contributed by atoms with E-state index in [2.05, 4.69) is 46.1 Å². The van der Waals surface area contributed by atoms with Gasteiger partial charge in [-0.1, -0.05) is 74.1 Å². The molecule has 6 nitrogen and oxygen atoms in total. The number of aromatic nitrogens is 3. The first-order chi connectivity index (χ1) is 16.5. The molecule has 34 heavy (non-hydrogen) atoms. The fourth-order valence-corrected chi connectivity index (χ4v) is 5.15. The third kappa shape index (κ3) is 5.87. The molecule has 2 aromatic carbocycles. The van der Waals surface area contributed by atoms with Gasteiger partial charge in [0, 0.05) is 0 Å². The van der Waals surface area contributed by atoms with Gasteiger partial charge >= 0.3 is 0 Å². The zero-order valence-electron chi connectivity index (χ0n) is 19.5. The fraction of sp³-hybridized carbons (Fsp3) is 0.269. The first kappa shape index (κ1) is 24.0. The number of benzene rings is 2. The van der Waals surface area contributed by atoms with E-state index < -0.39 is 0 Å². The lowest BCUT2D eigenvalue weighted by Gasteiger charge is -2.23. The number of nitrogens with one attached hydrogen (secondary N) is 1. The van der Waals surface area contributed by atoms with E-state index in [0.29, 0.717) is 6.54 Å². The first-order valence-electron chi connectivity index (χ1n) is 11.1. The van der Waals surface area contributed by atoms with Crippen LogP contribution in [0.5, 0.6) is 5.75 Å². The monoisotopic (exact) mass is 492 g/mol. The summed E-state index contributed by atoms with van der Waals surface area (Å²) in [6, 6.07) is 22.0. The average Bonchev–Trinajstić information content (AvgIpc) is 3.52. The second kappa shape index (κ2) is 11.4. The minimum atomic E-state index is -0.0807. The number of carbonyl (C=O) groups excluding carboxylic acids is 1. The summed E-state index contributed by atoms with van der Waals surface area (Å²) in [5, 5.41) is 14.8. The van der Waals surface area contributed by atoms with E-state index in [1.165, 1.54) is 11.8 Å². The normalized spacial score (nSPS) is 12.0. The standard InChI is InChI=1S/C26H28N4O2S2/c1-18(2)24(20-11-13-21(32-3)14-12-20)27-23(31)17-34-26-29-28-25(22-10-7-15-33-22)30(26)16-19-8-5-4-6-9-19/h4-15,18,24H,16-17H2,1-3H3,(H,27,31).